The van der Waals surface area contributed by atoms with Crippen LogP contribution in [0.25, 0.3) is 0 Å². The van der Waals surface area contributed by atoms with E-state index in [0.717, 1.165) is 0 Å². The summed E-state index contributed by atoms with van der Waals surface area (Å²) in [5.74, 6) is 0. The summed E-state index contributed by atoms with van der Waals surface area (Å²) >= 11 is 0. The van der Waals surface area contributed by atoms with E-state index in [1.807, 2.05) is 0 Å². The molecule has 1 rings (SSSR count). The molecule has 0 radical (unpaired) electrons. The molecule has 0 aromatic rings. The van der Waals surface area contributed by atoms with Crippen molar-refractivity contribution in [2.45, 2.75) is 49.3 Å². The van der Waals surface area contributed by atoms with Gasteiger partial charge >= 0.3 is 0 Å². The molecule has 0 bridgehead atoms. The largest absolute Gasteiger partial charge is 0.394 e. The van der Waals surface area contributed by atoms with Crippen molar-refractivity contribution in [2.24, 2.45) is 0 Å². The maximum atomic E-state index is 9.81. The Balaban J connectivity index is 2.79. The van der Waals surface area contributed by atoms with Gasteiger partial charge in [0.05, 0.1) is 19.8 Å². The fraction of sp³-hybridized carbons (Fsp3) is 1.00. The highest BCUT2D eigenvalue weighted by Gasteiger charge is 2.46. The van der Waals surface area contributed by atoms with E-state index in [1.54, 1.807) is 0 Å². The summed E-state index contributed by atoms with van der Waals surface area (Å²) in [6.45, 7) is -0.804. The van der Waals surface area contributed by atoms with E-state index in [-0.39, 0.29) is 0 Å². The molecule has 1 aliphatic heterocycles. The van der Waals surface area contributed by atoms with Gasteiger partial charge in [0, 0.05) is 0 Å². The monoisotopic (exact) mass is 298 g/mol. The van der Waals surface area contributed by atoms with Crippen LogP contribution >= 0.6 is 0 Å². The van der Waals surface area contributed by atoms with E-state index in [0.29, 0.717) is 0 Å². The molecule has 1 fully saturated rings. The summed E-state index contributed by atoms with van der Waals surface area (Å²) in [6.07, 6.45) is -8.73. The van der Waals surface area contributed by atoms with Crippen LogP contribution in [-0.4, -0.2) is 98.0 Å². The van der Waals surface area contributed by atoms with E-state index < -0.39 is 62.2 Å². The average molecular weight is 298 g/mol. The molecule has 20 heavy (non-hydrogen) atoms. The Labute approximate surface area is 115 Å². The Morgan fingerprint density at radius 1 is 1.10 bits per heavy atom. The molecule has 0 aromatic heterocycles. The number of aliphatic hydroxyl groups is 7. The molecule has 9 nitrogen and oxygen atoms in total. The summed E-state index contributed by atoms with van der Waals surface area (Å²) < 4.78 is 10.2. The first-order valence-corrected chi connectivity index (χ1v) is 6.18. The number of ether oxygens (including phenoxy) is 2. The second-order valence-corrected chi connectivity index (χ2v) is 5.02. The van der Waals surface area contributed by atoms with Crippen molar-refractivity contribution in [2.75, 3.05) is 19.8 Å². The van der Waals surface area contributed by atoms with Gasteiger partial charge in [0.15, 0.2) is 6.29 Å². The molecule has 0 aromatic carbocycles. The third kappa shape index (κ3) is 3.64. The number of aliphatic hydroxyl groups excluding tert-OH is 6. The highest BCUT2D eigenvalue weighted by molar-refractivity contribution is 4.91. The smallest absolute Gasteiger partial charge is 0.187 e. The first-order valence-electron chi connectivity index (χ1n) is 6.18. The van der Waals surface area contributed by atoms with Crippen molar-refractivity contribution in [3.8, 4) is 0 Å². The molecule has 7 N–H and O–H groups in total. The molecular formula is C11H22O9. The second kappa shape index (κ2) is 7.07. The van der Waals surface area contributed by atoms with Gasteiger partial charge in [-0.1, -0.05) is 0 Å². The van der Waals surface area contributed by atoms with E-state index >= 15 is 0 Å². The van der Waals surface area contributed by atoms with Crippen molar-refractivity contribution in [1.82, 2.24) is 0 Å². The third-order valence-electron chi connectivity index (χ3n) is 3.33. The van der Waals surface area contributed by atoms with E-state index in [2.05, 4.69) is 0 Å². The molecule has 7 atom stereocenters. The predicted octanol–water partition coefficient (Wildman–Crippen LogP) is -4.09. The van der Waals surface area contributed by atoms with Gasteiger partial charge in [-0.05, 0) is 6.92 Å². The van der Waals surface area contributed by atoms with Crippen LogP contribution in [0, 0.1) is 0 Å². The highest BCUT2D eigenvalue weighted by Crippen LogP contribution is 2.25. The molecular weight excluding hydrogens is 276 g/mol. The van der Waals surface area contributed by atoms with E-state index in [4.69, 9.17) is 24.8 Å². The van der Waals surface area contributed by atoms with Gasteiger partial charge < -0.3 is 45.2 Å². The maximum Gasteiger partial charge on any atom is 0.187 e. The molecule has 1 heterocycles. The lowest BCUT2D eigenvalue weighted by molar-refractivity contribution is -0.326. The molecule has 1 aliphatic rings. The fourth-order valence-electron chi connectivity index (χ4n) is 1.83. The fourth-order valence-corrected chi connectivity index (χ4v) is 1.83. The minimum absolute atomic E-state index is 0.620. The quantitative estimate of drug-likeness (QED) is 0.258. The minimum Gasteiger partial charge on any atom is -0.394 e. The topological polar surface area (TPSA) is 160 Å². The molecule has 0 spiro atoms. The highest BCUT2D eigenvalue weighted by atomic mass is 16.7. The zero-order valence-corrected chi connectivity index (χ0v) is 11.0. The van der Waals surface area contributed by atoms with Gasteiger partial charge in [0.2, 0.25) is 0 Å². The van der Waals surface area contributed by atoms with E-state index in [9.17, 15) is 20.4 Å². The number of rotatable bonds is 6. The molecule has 1 saturated heterocycles. The molecule has 0 aliphatic carbocycles. The predicted molar refractivity (Wildman–Crippen MR) is 63.4 cm³/mol. The second-order valence-electron chi connectivity index (χ2n) is 5.02. The lowest BCUT2D eigenvalue weighted by Crippen LogP contribution is -2.61. The number of hydrogen-bond donors (Lipinski definition) is 7. The van der Waals surface area contributed by atoms with Crippen molar-refractivity contribution >= 4 is 0 Å². The Hall–Kier alpha value is -0.360. The molecule has 0 amide bonds. The van der Waals surface area contributed by atoms with Crippen LogP contribution in [0.2, 0.25) is 0 Å². The van der Waals surface area contributed by atoms with Crippen LogP contribution in [0.15, 0.2) is 0 Å². The summed E-state index contributed by atoms with van der Waals surface area (Å²) in [5, 5.41) is 65.9. The first-order chi connectivity index (χ1) is 9.28. The molecule has 0 unspecified atom stereocenters. The first kappa shape index (κ1) is 17.7. The van der Waals surface area contributed by atoms with Gasteiger partial charge in [0.25, 0.3) is 0 Å². The standard InChI is InChI=1S/C11H22O9/c1-11(18,4-14)6(3-13)20-10-9(17)8(16)7(15)5(2-12)19-10/h5-10,12-18H,2-4H2,1H3/t5-,6-,7+,8+,9-,10+,11+/m1/s1. The summed E-state index contributed by atoms with van der Waals surface area (Å²) in [5.41, 5.74) is -1.80. The third-order valence-corrected chi connectivity index (χ3v) is 3.33. The van der Waals surface area contributed by atoms with Crippen LogP contribution in [0.1, 0.15) is 6.92 Å². The van der Waals surface area contributed by atoms with Crippen molar-refractivity contribution in [3.63, 3.8) is 0 Å². The van der Waals surface area contributed by atoms with Gasteiger partial charge in [0.1, 0.15) is 36.1 Å². The molecule has 9 heteroatoms. The molecule has 120 valence electrons. The van der Waals surface area contributed by atoms with Crippen LogP contribution in [0.5, 0.6) is 0 Å². The SMILES string of the molecule is C[C@](O)(CO)[C@@H](CO)O[C@@H]1O[C@H](CO)[C@H](O)[C@H](O)[C@H]1O. The average Bonchev–Trinajstić information content (AvgIpc) is 2.44. The Morgan fingerprint density at radius 3 is 2.15 bits per heavy atom. The normalized spacial score (nSPS) is 39.3. The van der Waals surface area contributed by atoms with Gasteiger partial charge in [-0.2, -0.15) is 0 Å². The Bertz CT molecular complexity index is 296. The minimum atomic E-state index is -1.80. The Morgan fingerprint density at radius 2 is 1.70 bits per heavy atom. The van der Waals surface area contributed by atoms with Gasteiger partial charge in [-0.25, -0.2) is 0 Å². The summed E-state index contributed by atoms with van der Waals surface area (Å²) in [7, 11) is 0. The summed E-state index contributed by atoms with van der Waals surface area (Å²) in [6, 6.07) is 0. The van der Waals surface area contributed by atoms with Gasteiger partial charge in [-0.15, -0.1) is 0 Å². The van der Waals surface area contributed by atoms with Crippen molar-refractivity contribution in [3.05, 3.63) is 0 Å². The van der Waals surface area contributed by atoms with Crippen LogP contribution in [-0.2, 0) is 9.47 Å². The lowest BCUT2D eigenvalue weighted by atomic mass is 9.98. The number of hydrogen-bond acceptors (Lipinski definition) is 9. The zero-order chi connectivity index (χ0) is 15.5. The zero-order valence-electron chi connectivity index (χ0n) is 11.0. The van der Waals surface area contributed by atoms with Crippen molar-refractivity contribution < 1.29 is 45.2 Å². The van der Waals surface area contributed by atoms with Crippen LogP contribution in [0.4, 0.5) is 0 Å². The Kier molecular flexibility index (Phi) is 6.25. The van der Waals surface area contributed by atoms with Gasteiger partial charge in [-0.3, -0.25) is 0 Å². The molecule has 0 saturated carbocycles. The maximum absolute atomic E-state index is 9.81. The summed E-state index contributed by atoms with van der Waals surface area (Å²) in [4.78, 5) is 0. The van der Waals surface area contributed by atoms with Crippen LogP contribution in [0.3, 0.4) is 0 Å². The van der Waals surface area contributed by atoms with Crippen LogP contribution < -0.4 is 0 Å². The van der Waals surface area contributed by atoms with Crippen molar-refractivity contribution in [1.29, 1.82) is 0 Å². The van der Waals surface area contributed by atoms with E-state index in [1.165, 1.54) is 6.92 Å². The lowest BCUT2D eigenvalue weighted by Gasteiger charge is -2.42.